The van der Waals surface area contributed by atoms with Gasteiger partial charge in [0.25, 0.3) is 0 Å². The minimum atomic E-state index is -3.54. The van der Waals surface area contributed by atoms with Crippen molar-refractivity contribution in [1.82, 2.24) is 4.72 Å². The SMILES string of the molecule is CCCCCOc1ccc(S(=O)(=O)NC2CCCCC2)c2ccccc12. The van der Waals surface area contributed by atoms with Crippen LogP contribution in [0.4, 0.5) is 0 Å². The van der Waals surface area contributed by atoms with E-state index in [1.165, 1.54) is 6.42 Å². The number of nitrogens with one attached hydrogen (secondary N) is 1. The number of sulfonamides is 1. The summed E-state index contributed by atoms with van der Waals surface area (Å²) in [6, 6.07) is 11.1. The molecule has 3 rings (SSSR count). The van der Waals surface area contributed by atoms with Crippen molar-refractivity contribution in [3.63, 3.8) is 0 Å². The molecule has 0 heterocycles. The van der Waals surface area contributed by atoms with E-state index < -0.39 is 10.0 Å². The summed E-state index contributed by atoms with van der Waals surface area (Å²) in [7, 11) is -3.54. The lowest BCUT2D eigenvalue weighted by Gasteiger charge is -2.23. The molecular formula is C21H29NO3S. The van der Waals surface area contributed by atoms with Crippen molar-refractivity contribution < 1.29 is 13.2 Å². The number of hydrogen-bond acceptors (Lipinski definition) is 3. The predicted octanol–water partition coefficient (Wildman–Crippen LogP) is 5.02. The highest BCUT2D eigenvalue weighted by Crippen LogP contribution is 2.32. The van der Waals surface area contributed by atoms with Crippen LogP contribution in [-0.4, -0.2) is 21.1 Å². The molecule has 1 aliphatic carbocycles. The van der Waals surface area contributed by atoms with E-state index >= 15 is 0 Å². The van der Waals surface area contributed by atoms with Gasteiger partial charge in [0.2, 0.25) is 10.0 Å². The second-order valence-electron chi connectivity index (χ2n) is 7.12. The molecule has 5 heteroatoms. The van der Waals surface area contributed by atoms with Gasteiger partial charge in [0.15, 0.2) is 0 Å². The molecule has 0 aliphatic heterocycles. The average Bonchev–Trinajstić information content (AvgIpc) is 2.65. The summed E-state index contributed by atoms with van der Waals surface area (Å²) in [5, 5.41) is 1.58. The third-order valence-corrected chi connectivity index (χ3v) is 6.64. The van der Waals surface area contributed by atoms with Gasteiger partial charge in [-0.3, -0.25) is 0 Å². The maximum absolute atomic E-state index is 13.0. The molecule has 0 aromatic heterocycles. The Balaban J connectivity index is 1.86. The summed E-state index contributed by atoms with van der Waals surface area (Å²) >= 11 is 0. The number of rotatable bonds is 8. The Kier molecular flexibility index (Phi) is 6.54. The van der Waals surface area contributed by atoms with Crippen LogP contribution in [0.1, 0.15) is 58.3 Å². The van der Waals surface area contributed by atoms with Gasteiger partial charge in [-0.05, 0) is 31.4 Å². The fraction of sp³-hybridized carbons (Fsp3) is 0.524. The Morgan fingerprint density at radius 1 is 1.00 bits per heavy atom. The standard InChI is InChI=1S/C21H29NO3S/c1-2-3-9-16-25-20-14-15-21(19-13-8-7-12-18(19)20)26(23,24)22-17-10-5-4-6-11-17/h7-8,12-15,17,22H,2-6,9-11,16H2,1H3. The molecular weight excluding hydrogens is 346 g/mol. The Labute approximate surface area is 157 Å². The van der Waals surface area contributed by atoms with Crippen LogP contribution in [0.3, 0.4) is 0 Å². The van der Waals surface area contributed by atoms with Crippen molar-refractivity contribution in [2.45, 2.75) is 69.2 Å². The van der Waals surface area contributed by atoms with Crippen molar-refractivity contribution in [2.75, 3.05) is 6.61 Å². The molecule has 0 amide bonds. The lowest BCUT2D eigenvalue weighted by atomic mass is 9.96. The van der Waals surface area contributed by atoms with E-state index in [-0.39, 0.29) is 6.04 Å². The van der Waals surface area contributed by atoms with Gasteiger partial charge in [-0.25, -0.2) is 13.1 Å². The van der Waals surface area contributed by atoms with E-state index in [2.05, 4.69) is 11.6 Å². The molecule has 0 saturated heterocycles. The van der Waals surface area contributed by atoms with Crippen LogP contribution in [-0.2, 0) is 10.0 Å². The molecule has 26 heavy (non-hydrogen) atoms. The number of hydrogen-bond donors (Lipinski definition) is 1. The summed E-state index contributed by atoms with van der Waals surface area (Å²) < 4.78 is 34.8. The van der Waals surface area contributed by atoms with Gasteiger partial charge in [-0.15, -0.1) is 0 Å². The van der Waals surface area contributed by atoms with Crippen LogP contribution < -0.4 is 9.46 Å². The van der Waals surface area contributed by atoms with E-state index in [1.54, 1.807) is 12.1 Å². The lowest BCUT2D eigenvalue weighted by Crippen LogP contribution is -2.36. The second-order valence-corrected chi connectivity index (χ2v) is 8.80. The zero-order valence-electron chi connectivity index (χ0n) is 15.5. The Morgan fingerprint density at radius 3 is 2.46 bits per heavy atom. The summed E-state index contributed by atoms with van der Waals surface area (Å²) in [6.45, 7) is 2.82. The summed E-state index contributed by atoms with van der Waals surface area (Å²) in [5.41, 5.74) is 0. The smallest absolute Gasteiger partial charge is 0.241 e. The maximum atomic E-state index is 13.0. The Hall–Kier alpha value is -1.59. The van der Waals surface area contributed by atoms with Crippen molar-refractivity contribution in [3.05, 3.63) is 36.4 Å². The minimum Gasteiger partial charge on any atom is -0.493 e. The monoisotopic (exact) mass is 375 g/mol. The van der Waals surface area contributed by atoms with E-state index in [0.717, 1.165) is 61.5 Å². The molecule has 2 aromatic carbocycles. The minimum absolute atomic E-state index is 0.0532. The fourth-order valence-corrected chi connectivity index (χ4v) is 5.16. The van der Waals surface area contributed by atoms with Crippen molar-refractivity contribution in [1.29, 1.82) is 0 Å². The lowest BCUT2D eigenvalue weighted by molar-refractivity contribution is 0.309. The first-order valence-electron chi connectivity index (χ1n) is 9.78. The van der Waals surface area contributed by atoms with Gasteiger partial charge in [-0.2, -0.15) is 0 Å². The molecule has 2 aromatic rings. The molecule has 0 atom stereocenters. The van der Waals surface area contributed by atoms with Crippen LogP contribution in [0.5, 0.6) is 5.75 Å². The third kappa shape index (κ3) is 4.57. The zero-order chi connectivity index (χ0) is 18.4. The normalized spacial score (nSPS) is 16.0. The number of ether oxygens (including phenoxy) is 1. The molecule has 1 saturated carbocycles. The topological polar surface area (TPSA) is 55.4 Å². The van der Waals surface area contributed by atoms with Gasteiger partial charge in [0, 0.05) is 16.8 Å². The van der Waals surface area contributed by atoms with E-state index in [0.29, 0.717) is 11.5 Å². The fourth-order valence-electron chi connectivity index (χ4n) is 3.64. The van der Waals surface area contributed by atoms with Crippen molar-refractivity contribution in [3.8, 4) is 5.75 Å². The zero-order valence-corrected chi connectivity index (χ0v) is 16.4. The molecule has 4 nitrogen and oxygen atoms in total. The van der Waals surface area contributed by atoms with Gasteiger partial charge in [0.05, 0.1) is 11.5 Å². The van der Waals surface area contributed by atoms with Crippen LogP contribution in [0.15, 0.2) is 41.3 Å². The number of unbranched alkanes of at least 4 members (excludes halogenated alkanes) is 2. The van der Waals surface area contributed by atoms with E-state index in [4.69, 9.17) is 4.74 Å². The predicted molar refractivity (Wildman–Crippen MR) is 106 cm³/mol. The highest BCUT2D eigenvalue weighted by atomic mass is 32.2. The van der Waals surface area contributed by atoms with Crippen LogP contribution in [0.2, 0.25) is 0 Å². The Bertz CT molecular complexity index is 826. The first kappa shape index (κ1) is 19.2. The summed E-state index contributed by atoms with van der Waals surface area (Å²) in [5.74, 6) is 0.758. The average molecular weight is 376 g/mol. The molecule has 0 spiro atoms. The molecule has 1 N–H and O–H groups in total. The first-order valence-corrected chi connectivity index (χ1v) is 11.3. The first-order chi connectivity index (χ1) is 12.6. The van der Waals surface area contributed by atoms with Gasteiger partial charge >= 0.3 is 0 Å². The van der Waals surface area contributed by atoms with Gasteiger partial charge in [-0.1, -0.05) is 63.3 Å². The van der Waals surface area contributed by atoms with Gasteiger partial charge in [0.1, 0.15) is 5.75 Å². The largest absolute Gasteiger partial charge is 0.493 e. The quantitative estimate of drug-likeness (QED) is 0.659. The van der Waals surface area contributed by atoms with Crippen molar-refractivity contribution in [2.24, 2.45) is 0 Å². The number of fused-ring (bicyclic) bond motifs is 1. The number of benzene rings is 2. The van der Waals surface area contributed by atoms with Crippen molar-refractivity contribution >= 4 is 20.8 Å². The summed E-state index contributed by atoms with van der Waals surface area (Å²) in [6.07, 6.45) is 8.53. The second kappa shape index (κ2) is 8.87. The molecule has 0 unspecified atom stereocenters. The highest BCUT2D eigenvalue weighted by Gasteiger charge is 2.24. The molecule has 1 fully saturated rings. The maximum Gasteiger partial charge on any atom is 0.241 e. The van der Waals surface area contributed by atoms with Crippen LogP contribution in [0.25, 0.3) is 10.8 Å². The van der Waals surface area contributed by atoms with Crippen LogP contribution >= 0.6 is 0 Å². The summed E-state index contributed by atoms with van der Waals surface area (Å²) in [4.78, 5) is 0.347. The Morgan fingerprint density at radius 2 is 1.73 bits per heavy atom. The molecule has 0 bridgehead atoms. The van der Waals surface area contributed by atoms with Crippen LogP contribution in [0, 0.1) is 0 Å². The molecule has 1 aliphatic rings. The van der Waals surface area contributed by atoms with E-state index in [1.807, 2.05) is 24.3 Å². The van der Waals surface area contributed by atoms with Gasteiger partial charge < -0.3 is 4.74 Å². The molecule has 0 radical (unpaired) electrons. The highest BCUT2D eigenvalue weighted by molar-refractivity contribution is 7.89. The third-order valence-electron chi connectivity index (χ3n) is 5.07. The molecule has 142 valence electrons. The van der Waals surface area contributed by atoms with E-state index in [9.17, 15) is 8.42 Å².